The third kappa shape index (κ3) is 3.16. The van der Waals surface area contributed by atoms with Crippen LogP contribution in [0, 0.1) is 0 Å². The molecule has 1 N–H and O–H groups in total. The van der Waals surface area contributed by atoms with Gasteiger partial charge in [0.15, 0.2) is 0 Å². The smallest absolute Gasteiger partial charge is 0.249 e. The number of hydrogen-bond acceptors (Lipinski definition) is 2. The molecule has 1 heterocycles. The topological polar surface area (TPSA) is 49.4 Å². The van der Waals surface area contributed by atoms with Crippen LogP contribution in [0.1, 0.15) is 32.3 Å². The molecule has 114 valence electrons. The van der Waals surface area contributed by atoms with Gasteiger partial charge in [0.25, 0.3) is 0 Å². The van der Waals surface area contributed by atoms with E-state index in [2.05, 4.69) is 5.32 Å². The van der Waals surface area contributed by atoms with E-state index >= 15 is 0 Å². The largest absolute Gasteiger partial charge is 0.340 e. The van der Waals surface area contributed by atoms with Crippen LogP contribution in [0.4, 0.5) is 0 Å². The second-order valence-electron chi connectivity index (χ2n) is 5.25. The van der Waals surface area contributed by atoms with Crippen molar-refractivity contribution in [3.05, 3.63) is 33.8 Å². The summed E-state index contributed by atoms with van der Waals surface area (Å²) < 4.78 is 0. The van der Waals surface area contributed by atoms with Crippen LogP contribution < -0.4 is 5.32 Å². The van der Waals surface area contributed by atoms with Gasteiger partial charge in [-0.05, 0) is 30.5 Å². The number of carbonyl (C=O) groups excluding carboxylic acids is 2. The van der Waals surface area contributed by atoms with Gasteiger partial charge < -0.3 is 10.2 Å². The number of carbonyl (C=O) groups is 2. The molecule has 0 atom stereocenters. The van der Waals surface area contributed by atoms with Crippen molar-refractivity contribution in [2.24, 2.45) is 0 Å². The number of halogens is 2. The first-order chi connectivity index (χ1) is 9.91. The summed E-state index contributed by atoms with van der Waals surface area (Å²) >= 11 is 11.9. The lowest BCUT2D eigenvalue weighted by molar-refractivity contribution is -0.151. The maximum Gasteiger partial charge on any atom is 0.249 e. The maximum atomic E-state index is 12.7. The molecule has 21 heavy (non-hydrogen) atoms. The third-order valence-corrected chi connectivity index (χ3v) is 4.71. The highest BCUT2D eigenvalue weighted by molar-refractivity contribution is 6.42. The standard InChI is InChI=1S/C15H18Cl2N2O2/c1-3-15(4-2)14(21)19(9-13(20)18-15)8-10-5-6-11(16)12(17)7-10/h5-7H,3-4,8-9H2,1-2H3,(H,18,20). The predicted molar refractivity (Wildman–Crippen MR) is 83.3 cm³/mol. The Balaban J connectivity index is 2.24. The number of piperazine rings is 1. The maximum absolute atomic E-state index is 12.7. The first-order valence-corrected chi connectivity index (χ1v) is 7.71. The Morgan fingerprint density at radius 2 is 1.86 bits per heavy atom. The third-order valence-electron chi connectivity index (χ3n) is 3.97. The van der Waals surface area contributed by atoms with E-state index in [0.717, 1.165) is 5.56 Å². The number of nitrogens with zero attached hydrogens (tertiary/aromatic N) is 1. The SMILES string of the molecule is CCC1(CC)NC(=O)CN(Cc2ccc(Cl)c(Cl)c2)C1=O. The van der Waals surface area contributed by atoms with Gasteiger partial charge >= 0.3 is 0 Å². The minimum Gasteiger partial charge on any atom is -0.340 e. The number of nitrogens with one attached hydrogen (secondary N) is 1. The minimum absolute atomic E-state index is 0.0434. The average molecular weight is 329 g/mol. The molecule has 0 radical (unpaired) electrons. The van der Waals surface area contributed by atoms with Gasteiger partial charge in [-0.1, -0.05) is 43.1 Å². The highest BCUT2D eigenvalue weighted by Gasteiger charge is 2.43. The van der Waals surface area contributed by atoms with Crippen LogP contribution >= 0.6 is 23.2 Å². The lowest BCUT2D eigenvalue weighted by Gasteiger charge is -2.41. The Morgan fingerprint density at radius 3 is 2.43 bits per heavy atom. The summed E-state index contributed by atoms with van der Waals surface area (Å²) in [6, 6.07) is 5.23. The Bertz CT molecular complexity index is 571. The molecule has 2 amide bonds. The molecule has 6 heteroatoms. The van der Waals surface area contributed by atoms with Gasteiger partial charge in [0, 0.05) is 6.54 Å². The fourth-order valence-corrected chi connectivity index (χ4v) is 2.94. The van der Waals surface area contributed by atoms with Crippen LogP contribution in [-0.2, 0) is 16.1 Å². The van der Waals surface area contributed by atoms with Crippen molar-refractivity contribution >= 4 is 35.0 Å². The summed E-state index contributed by atoms with van der Waals surface area (Å²) in [4.78, 5) is 26.1. The first-order valence-electron chi connectivity index (χ1n) is 6.96. The van der Waals surface area contributed by atoms with Crippen LogP contribution in [0.5, 0.6) is 0 Å². The molecule has 4 nitrogen and oxygen atoms in total. The van der Waals surface area contributed by atoms with E-state index in [0.29, 0.717) is 29.4 Å². The Kier molecular flexibility index (Phi) is 4.79. The minimum atomic E-state index is -0.786. The van der Waals surface area contributed by atoms with E-state index < -0.39 is 5.54 Å². The molecule has 0 unspecified atom stereocenters. The molecule has 1 fully saturated rings. The number of benzene rings is 1. The van der Waals surface area contributed by atoms with Crippen molar-refractivity contribution in [2.75, 3.05) is 6.54 Å². The Morgan fingerprint density at radius 1 is 1.19 bits per heavy atom. The van der Waals surface area contributed by atoms with E-state index in [-0.39, 0.29) is 18.4 Å². The molecule has 1 aromatic rings. The van der Waals surface area contributed by atoms with Crippen molar-refractivity contribution in [3.63, 3.8) is 0 Å². The zero-order valence-electron chi connectivity index (χ0n) is 12.1. The van der Waals surface area contributed by atoms with Gasteiger partial charge in [-0.25, -0.2) is 0 Å². The normalized spacial score (nSPS) is 17.8. The number of rotatable bonds is 4. The lowest BCUT2D eigenvalue weighted by atomic mass is 9.88. The second-order valence-corrected chi connectivity index (χ2v) is 6.06. The molecular weight excluding hydrogens is 311 g/mol. The molecule has 0 saturated carbocycles. The molecule has 0 spiro atoms. The number of hydrogen-bond donors (Lipinski definition) is 1. The highest BCUT2D eigenvalue weighted by atomic mass is 35.5. The van der Waals surface area contributed by atoms with Crippen LogP contribution in [-0.4, -0.2) is 28.8 Å². The van der Waals surface area contributed by atoms with Crippen LogP contribution in [0.3, 0.4) is 0 Å². The van der Waals surface area contributed by atoms with Crippen LogP contribution in [0.2, 0.25) is 10.0 Å². The van der Waals surface area contributed by atoms with Gasteiger partial charge in [0.1, 0.15) is 5.54 Å². The molecule has 1 aromatic carbocycles. The monoisotopic (exact) mass is 328 g/mol. The zero-order valence-corrected chi connectivity index (χ0v) is 13.6. The van der Waals surface area contributed by atoms with Crippen molar-refractivity contribution in [1.82, 2.24) is 10.2 Å². The van der Waals surface area contributed by atoms with Gasteiger partial charge in [-0.15, -0.1) is 0 Å². The molecular formula is C15H18Cl2N2O2. The van der Waals surface area contributed by atoms with Crippen LogP contribution in [0.15, 0.2) is 18.2 Å². The van der Waals surface area contributed by atoms with E-state index in [1.54, 1.807) is 17.0 Å². The fourth-order valence-electron chi connectivity index (χ4n) is 2.62. The van der Waals surface area contributed by atoms with Gasteiger partial charge in [-0.2, -0.15) is 0 Å². The Hall–Kier alpha value is -1.26. The summed E-state index contributed by atoms with van der Waals surface area (Å²) in [5, 5.41) is 3.75. The highest BCUT2D eigenvalue weighted by Crippen LogP contribution is 2.26. The van der Waals surface area contributed by atoms with E-state index in [9.17, 15) is 9.59 Å². The molecule has 0 aliphatic carbocycles. The summed E-state index contributed by atoms with van der Waals surface area (Å²) in [6.07, 6.45) is 1.15. The Labute approximate surface area is 134 Å². The first kappa shape index (κ1) is 16.1. The van der Waals surface area contributed by atoms with Gasteiger partial charge in [0.05, 0.1) is 16.6 Å². The van der Waals surface area contributed by atoms with E-state index in [4.69, 9.17) is 23.2 Å². The van der Waals surface area contributed by atoms with Crippen molar-refractivity contribution in [3.8, 4) is 0 Å². The molecule has 1 aliphatic rings. The average Bonchev–Trinajstić information content (AvgIpc) is 2.46. The van der Waals surface area contributed by atoms with Crippen molar-refractivity contribution in [1.29, 1.82) is 0 Å². The number of amides is 2. The van der Waals surface area contributed by atoms with E-state index in [1.165, 1.54) is 0 Å². The van der Waals surface area contributed by atoms with Gasteiger partial charge in [0.2, 0.25) is 11.8 Å². The summed E-state index contributed by atoms with van der Waals surface area (Å²) in [5.41, 5.74) is 0.0690. The zero-order chi connectivity index (χ0) is 15.6. The van der Waals surface area contributed by atoms with Crippen LogP contribution in [0.25, 0.3) is 0 Å². The summed E-state index contributed by atoms with van der Waals surface area (Å²) in [5.74, 6) is -0.170. The lowest BCUT2D eigenvalue weighted by Crippen LogP contribution is -2.65. The summed E-state index contributed by atoms with van der Waals surface area (Å²) in [7, 11) is 0. The van der Waals surface area contributed by atoms with E-state index in [1.807, 2.05) is 19.9 Å². The van der Waals surface area contributed by atoms with Crippen molar-refractivity contribution in [2.45, 2.75) is 38.8 Å². The molecule has 1 saturated heterocycles. The second kappa shape index (κ2) is 6.24. The molecule has 0 aromatic heterocycles. The molecule has 0 bridgehead atoms. The fraction of sp³-hybridized carbons (Fsp3) is 0.467. The molecule has 2 rings (SSSR count). The van der Waals surface area contributed by atoms with Crippen molar-refractivity contribution < 1.29 is 9.59 Å². The predicted octanol–water partition coefficient (Wildman–Crippen LogP) is 3.01. The quantitative estimate of drug-likeness (QED) is 0.923. The summed E-state index contributed by atoms with van der Waals surface area (Å²) in [6.45, 7) is 4.24. The molecule has 1 aliphatic heterocycles. The van der Waals surface area contributed by atoms with Gasteiger partial charge in [-0.3, -0.25) is 9.59 Å².